The van der Waals surface area contributed by atoms with E-state index in [-0.39, 0.29) is 47.7 Å². The lowest BCUT2D eigenvalue weighted by molar-refractivity contribution is -0.146. The molecule has 8 rings (SSSR count). The molecule has 3 amide bonds. The maximum Gasteiger partial charge on any atom is 0.248 e. The highest BCUT2D eigenvalue weighted by molar-refractivity contribution is 6.22. The van der Waals surface area contributed by atoms with Crippen LogP contribution in [0.1, 0.15) is 34.3 Å². The highest BCUT2D eigenvalue weighted by Gasteiger charge is 2.58. The molecule has 6 nitrogen and oxygen atoms in total. The smallest absolute Gasteiger partial charge is 0.248 e. The Hall–Kier alpha value is -4.32. The summed E-state index contributed by atoms with van der Waals surface area (Å²) in [6, 6.07) is 21.2. The third-order valence-corrected chi connectivity index (χ3v) is 8.67. The van der Waals surface area contributed by atoms with E-state index in [9.17, 15) is 19.2 Å². The number of carbonyl (C=O) groups excluding carboxylic acids is 4. The molecule has 5 unspecified atom stereocenters. The zero-order chi connectivity index (χ0) is 26.0. The van der Waals surface area contributed by atoms with Gasteiger partial charge in [0.25, 0.3) is 0 Å². The van der Waals surface area contributed by atoms with Crippen LogP contribution in [0.2, 0.25) is 0 Å². The van der Waals surface area contributed by atoms with Crippen LogP contribution in [0.4, 0.5) is 5.69 Å². The van der Waals surface area contributed by atoms with Gasteiger partial charge in [-0.05, 0) is 53.5 Å². The Morgan fingerprint density at radius 1 is 0.763 bits per heavy atom. The Kier molecular flexibility index (Phi) is 5.18. The minimum atomic E-state index is -0.983. The fourth-order valence-electron chi connectivity index (χ4n) is 6.87. The Bertz CT molecular complexity index is 1510. The van der Waals surface area contributed by atoms with Crippen molar-refractivity contribution < 1.29 is 19.2 Å². The van der Waals surface area contributed by atoms with Crippen molar-refractivity contribution in [2.45, 2.75) is 25.3 Å². The Labute approximate surface area is 220 Å². The fraction of sp³-hybridized carbons (Fsp3) is 0.250. The summed E-state index contributed by atoms with van der Waals surface area (Å²) in [6.07, 6.45) is 6.18. The lowest BCUT2D eigenvalue weighted by Crippen LogP contribution is -2.49. The molecule has 1 saturated carbocycles. The molecular formula is C32H26N2O4. The van der Waals surface area contributed by atoms with Crippen LogP contribution in [-0.4, -0.2) is 34.4 Å². The van der Waals surface area contributed by atoms with Gasteiger partial charge in [-0.25, -0.2) is 0 Å². The van der Waals surface area contributed by atoms with Crippen LogP contribution in [0, 0.1) is 23.7 Å². The van der Waals surface area contributed by atoms with Gasteiger partial charge in [-0.15, -0.1) is 0 Å². The van der Waals surface area contributed by atoms with Crippen molar-refractivity contribution in [3.63, 3.8) is 0 Å². The molecular weight excluding hydrogens is 476 g/mol. The van der Waals surface area contributed by atoms with E-state index in [2.05, 4.69) is 17.5 Å². The molecule has 1 saturated heterocycles. The summed E-state index contributed by atoms with van der Waals surface area (Å²) in [4.78, 5) is 55.4. The zero-order valence-corrected chi connectivity index (χ0v) is 20.7. The summed E-state index contributed by atoms with van der Waals surface area (Å²) < 4.78 is 0. The maximum absolute atomic E-state index is 13.8. The van der Waals surface area contributed by atoms with Gasteiger partial charge in [0, 0.05) is 23.2 Å². The van der Waals surface area contributed by atoms with Crippen LogP contribution in [0.15, 0.2) is 84.9 Å². The molecule has 38 heavy (non-hydrogen) atoms. The lowest BCUT2D eigenvalue weighted by Gasteiger charge is -2.38. The van der Waals surface area contributed by atoms with E-state index in [1.165, 1.54) is 4.90 Å². The van der Waals surface area contributed by atoms with E-state index >= 15 is 0 Å². The van der Waals surface area contributed by atoms with Crippen molar-refractivity contribution >= 4 is 29.2 Å². The van der Waals surface area contributed by atoms with Crippen molar-refractivity contribution in [1.29, 1.82) is 0 Å². The van der Waals surface area contributed by atoms with Gasteiger partial charge in [0.05, 0.1) is 11.8 Å². The number of nitrogens with one attached hydrogen (secondary N) is 1. The van der Waals surface area contributed by atoms with Gasteiger partial charge in [-0.2, -0.15) is 0 Å². The van der Waals surface area contributed by atoms with E-state index in [0.717, 1.165) is 29.5 Å². The fourth-order valence-corrected chi connectivity index (χ4v) is 6.87. The van der Waals surface area contributed by atoms with Gasteiger partial charge in [0.1, 0.15) is 6.04 Å². The van der Waals surface area contributed by atoms with Gasteiger partial charge in [-0.3, -0.25) is 24.1 Å². The summed E-state index contributed by atoms with van der Waals surface area (Å²) >= 11 is 0. The molecule has 0 spiro atoms. The molecule has 2 bridgehead atoms. The SMILES string of the molecule is O=C1c2ccccc2-c2ccc(NC(=O)C(Cc3ccccc3)N3C(=O)C4C5C=CC(CC5)C4C3=O)cc21. The second kappa shape index (κ2) is 8.62. The molecule has 188 valence electrons. The number of anilines is 1. The minimum Gasteiger partial charge on any atom is -0.324 e. The number of carbonyl (C=O) groups is 4. The number of imide groups is 1. The Morgan fingerprint density at radius 3 is 2.03 bits per heavy atom. The van der Waals surface area contributed by atoms with Crippen LogP contribution in [0.5, 0.6) is 0 Å². The standard InChI is InChI=1S/C32H26N2O4/c35-29-24-9-5-4-8-22(24)23-15-14-21(17-25(23)29)33-30(36)26(16-18-6-2-1-3-7-18)34-31(37)27-19-10-11-20(13-12-19)28(27)32(34)38/h1-11,14-15,17,19-20,26-28H,12-13,16H2,(H,33,36). The number of benzene rings is 3. The zero-order valence-electron chi connectivity index (χ0n) is 20.7. The lowest BCUT2D eigenvalue weighted by atomic mass is 9.63. The number of fused-ring (bicyclic) bond motifs is 4. The normalized spacial score (nSPS) is 25.3. The average Bonchev–Trinajstić information content (AvgIpc) is 3.40. The topological polar surface area (TPSA) is 83.6 Å². The van der Waals surface area contributed by atoms with E-state index in [4.69, 9.17) is 0 Å². The largest absolute Gasteiger partial charge is 0.324 e. The first-order valence-corrected chi connectivity index (χ1v) is 13.2. The van der Waals surface area contributed by atoms with Gasteiger partial charge >= 0.3 is 0 Å². The summed E-state index contributed by atoms with van der Waals surface area (Å²) in [7, 11) is 0. The number of nitrogens with zero attached hydrogens (tertiary/aromatic N) is 1. The second-order valence-electron chi connectivity index (χ2n) is 10.7. The first-order chi connectivity index (χ1) is 18.5. The molecule has 1 aliphatic heterocycles. The summed E-state index contributed by atoms with van der Waals surface area (Å²) in [5.74, 6) is -1.65. The summed E-state index contributed by atoms with van der Waals surface area (Å²) in [5, 5.41) is 2.92. The van der Waals surface area contributed by atoms with Crippen molar-refractivity contribution in [2.75, 3.05) is 5.32 Å². The van der Waals surface area contributed by atoms with E-state index < -0.39 is 11.9 Å². The number of hydrogen-bond acceptors (Lipinski definition) is 4. The number of likely N-dealkylation sites (tertiary alicyclic amines) is 1. The van der Waals surface area contributed by atoms with E-state index in [1.807, 2.05) is 54.6 Å². The summed E-state index contributed by atoms with van der Waals surface area (Å²) in [5.41, 5.74) is 4.22. The van der Waals surface area contributed by atoms with E-state index in [0.29, 0.717) is 16.8 Å². The van der Waals surface area contributed by atoms with Gasteiger partial charge in [0.2, 0.25) is 17.7 Å². The second-order valence-corrected chi connectivity index (χ2v) is 10.7. The third-order valence-electron chi connectivity index (χ3n) is 8.67. The number of amides is 3. The number of ketones is 1. The Morgan fingerprint density at radius 2 is 1.37 bits per heavy atom. The molecule has 2 fully saturated rings. The van der Waals surface area contributed by atoms with Gasteiger partial charge < -0.3 is 5.32 Å². The molecule has 3 aromatic carbocycles. The highest BCUT2D eigenvalue weighted by atomic mass is 16.2. The molecule has 1 heterocycles. The van der Waals surface area contributed by atoms with Crippen molar-refractivity contribution in [2.24, 2.45) is 23.7 Å². The monoisotopic (exact) mass is 502 g/mol. The number of rotatable bonds is 5. The molecule has 1 N–H and O–H groups in total. The molecule has 6 heteroatoms. The van der Waals surface area contributed by atoms with Crippen LogP contribution >= 0.6 is 0 Å². The molecule has 4 aliphatic carbocycles. The summed E-state index contributed by atoms with van der Waals surface area (Å²) in [6.45, 7) is 0. The minimum absolute atomic E-state index is 0.0521. The average molecular weight is 503 g/mol. The first kappa shape index (κ1) is 22.8. The first-order valence-electron chi connectivity index (χ1n) is 13.2. The van der Waals surface area contributed by atoms with Crippen molar-refractivity contribution in [3.05, 3.63) is 102 Å². The van der Waals surface area contributed by atoms with Crippen molar-refractivity contribution in [1.82, 2.24) is 4.90 Å². The molecule has 0 aromatic heterocycles. The maximum atomic E-state index is 13.8. The highest BCUT2D eigenvalue weighted by Crippen LogP contribution is 2.50. The van der Waals surface area contributed by atoms with Gasteiger partial charge in [0.15, 0.2) is 5.78 Å². The predicted molar refractivity (Wildman–Crippen MR) is 142 cm³/mol. The number of hydrogen-bond donors (Lipinski definition) is 1. The molecule has 3 aromatic rings. The third kappa shape index (κ3) is 3.40. The van der Waals surface area contributed by atoms with Crippen molar-refractivity contribution in [3.8, 4) is 11.1 Å². The van der Waals surface area contributed by atoms with Gasteiger partial charge in [-0.1, -0.05) is 72.8 Å². The molecule has 5 atom stereocenters. The quantitative estimate of drug-likeness (QED) is 0.318. The Balaban J connectivity index is 1.21. The van der Waals surface area contributed by atoms with Crippen LogP contribution in [-0.2, 0) is 20.8 Å². The predicted octanol–water partition coefficient (Wildman–Crippen LogP) is 4.65. The van der Waals surface area contributed by atoms with E-state index in [1.54, 1.807) is 18.2 Å². The van der Waals surface area contributed by atoms with Crippen LogP contribution < -0.4 is 5.32 Å². The van der Waals surface area contributed by atoms with Crippen LogP contribution in [0.3, 0.4) is 0 Å². The molecule has 0 radical (unpaired) electrons. The van der Waals surface area contributed by atoms with Crippen LogP contribution in [0.25, 0.3) is 11.1 Å². The number of allylic oxidation sites excluding steroid dienone is 2. The molecule has 5 aliphatic rings.